The van der Waals surface area contributed by atoms with Crippen molar-refractivity contribution in [3.8, 4) is 11.4 Å². The third-order valence-corrected chi connectivity index (χ3v) is 5.07. The predicted octanol–water partition coefficient (Wildman–Crippen LogP) is 5.12. The summed E-state index contributed by atoms with van der Waals surface area (Å²) in [4.78, 5) is 25.7. The number of halogens is 1. The Bertz CT molecular complexity index is 1210. The molecule has 1 N–H and O–H groups in total. The van der Waals surface area contributed by atoms with Gasteiger partial charge in [-0.05, 0) is 38.1 Å². The molecule has 0 saturated carbocycles. The van der Waals surface area contributed by atoms with Crippen LogP contribution in [0.3, 0.4) is 0 Å². The predicted molar refractivity (Wildman–Crippen MR) is 111 cm³/mol. The van der Waals surface area contributed by atoms with Crippen LogP contribution in [0.5, 0.6) is 0 Å². The van der Waals surface area contributed by atoms with Gasteiger partial charge < -0.3 is 10.1 Å². The summed E-state index contributed by atoms with van der Waals surface area (Å²) in [6, 6.07) is 12.1. The second-order valence-corrected chi connectivity index (χ2v) is 7.33. The number of fused-ring (bicyclic) bond motifs is 1. The number of nitrogens with one attached hydrogen (secondary N) is 1. The number of rotatable bonds is 5. The molecule has 2 heterocycles. The molecule has 0 fully saturated rings. The zero-order valence-corrected chi connectivity index (χ0v) is 16.6. The highest BCUT2D eigenvalue weighted by atomic mass is 32.1. The van der Waals surface area contributed by atoms with Crippen molar-refractivity contribution in [2.24, 2.45) is 0 Å². The topological polar surface area (TPSA) is 77.0 Å². The van der Waals surface area contributed by atoms with E-state index in [1.54, 1.807) is 13.0 Å². The first-order chi connectivity index (χ1) is 14.0. The molecule has 6 nitrogen and oxygen atoms in total. The molecule has 4 aromatic rings. The molecule has 29 heavy (non-hydrogen) atoms. The normalized spacial score (nSPS) is 10.9. The van der Waals surface area contributed by atoms with Crippen molar-refractivity contribution in [2.75, 3.05) is 11.9 Å². The second-order valence-electron chi connectivity index (χ2n) is 6.30. The van der Waals surface area contributed by atoms with Gasteiger partial charge in [-0.25, -0.2) is 24.1 Å². The molecule has 0 aliphatic heterocycles. The minimum Gasteiger partial charge on any atom is -0.462 e. The number of carbonyl (C=O) groups excluding carboxylic acids is 1. The molecular weight excluding hydrogens is 391 g/mol. The van der Waals surface area contributed by atoms with Gasteiger partial charge in [-0.2, -0.15) is 0 Å². The number of hydrogen-bond donors (Lipinski definition) is 1. The maximum absolute atomic E-state index is 13.5. The van der Waals surface area contributed by atoms with E-state index in [1.807, 2.05) is 31.2 Å². The molecule has 146 valence electrons. The van der Waals surface area contributed by atoms with Gasteiger partial charge in [0, 0.05) is 11.8 Å². The van der Waals surface area contributed by atoms with Gasteiger partial charge >= 0.3 is 5.97 Å². The van der Waals surface area contributed by atoms with Crippen molar-refractivity contribution in [1.29, 1.82) is 0 Å². The largest absolute Gasteiger partial charge is 0.462 e. The van der Waals surface area contributed by atoms with Crippen LogP contribution in [0, 0.1) is 12.7 Å². The van der Waals surface area contributed by atoms with E-state index in [2.05, 4.69) is 20.3 Å². The SMILES string of the molecule is CCOC(=O)c1cnc(-c2cccc(C)c2)nc1Nc1nc2ccc(F)cc2s1. The average Bonchev–Trinajstić information content (AvgIpc) is 3.09. The van der Waals surface area contributed by atoms with Gasteiger partial charge in [-0.3, -0.25) is 0 Å². The van der Waals surface area contributed by atoms with Crippen LogP contribution in [-0.2, 0) is 4.74 Å². The summed E-state index contributed by atoms with van der Waals surface area (Å²) in [6.45, 7) is 3.95. The number of ether oxygens (including phenoxy) is 1. The van der Waals surface area contributed by atoms with Crippen LogP contribution in [0.4, 0.5) is 15.3 Å². The van der Waals surface area contributed by atoms with E-state index in [9.17, 15) is 9.18 Å². The lowest BCUT2D eigenvalue weighted by atomic mass is 10.1. The quantitative estimate of drug-likeness (QED) is 0.462. The van der Waals surface area contributed by atoms with Crippen molar-refractivity contribution in [2.45, 2.75) is 13.8 Å². The van der Waals surface area contributed by atoms with E-state index in [0.29, 0.717) is 21.2 Å². The number of aromatic nitrogens is 3. The van der Waals surface area contributed by atoms with Crippen molar-refractivity contribution in [1.82, 2.24) is 15.0 Å². The first-order valence-corrected chi connectivity index (χ1v) is 9.79. The van der Waals surface area contributed by atoms with Crippen LogP contribution in [0.15, 0.2) is 48.7 Å². The molecule has 0 spiro atoms. The van der Waals surface area contributed by atoms with E-state index in [4.69, 9.17) is 4.74 Å². The van der Waals surface area contributed by atoms with E-state index in [0.717, 1.165) is 11.1 Å². The summed E-state index contributed by atoms with van der Waals surface area (Å²) in [5.74, 6) is -0.104. The number of hydrogen-bond acceptors (Lipinski definition) is 7. The molecule has 0 bridgehead atoms. The van der Waals surface area contributed by atoms with Crippen LogP contribution in [0.2, 0.25) is 0 Å². The Morgan fingerprint density at radius 1 is 1.21 bits per heavy atom. The van der Waals surface area contributed by atoms with Crippen LogP contribution in [-0.4, -0.2) is 27.5 Å². The van der Waals surface area contributed by atoms with Gasteiger partial charge in [0.1, 0.15) is 11.4 Å². The number of anilines is 2. The van der Waals surface area contributed by atoms with Crippen molar-refractivity contribution < 1.29 is 13.9 Å². The minimum absolute atomic E-state index is 0.202. The zero-order valence-electron chi connectivity index (χ0n) is 15.8. The van der Waals surface area contributed by atoms with Gasteiger partial charge in [0.15, 0.2) is 16.8 Å². The summed E-state index contributed by atoms with van der Waals surface area (Å²) in [7, 11) is 0. The minimum atomic E-state index is -0.530. The Morgan fingerprint density at radius 3 is 2.86 bits per heavy atom. The van der Waals surface area contributed by atoms with E-state index < -0.39 is 5.97 Å². The zero-order chi connectivity index (χ0) is 20.4. The molecular formula is C21H17FN4O2S. The summed E-state index contributed by atoms with van der Waals surface area (Å²) in [6.07, 6.45) is 1.44. The number of thiazole rings is 1. The van der Waals surface area contributed by atoms with Crippen LogP contribution >= 0.6 is 11.3 Å². The molecule has 0 atom stereocenters. The summed E-state index contributed by atoms with van der Waals surface area (Å²) >= 11 is 1.27. The van der Waals surface area contributed by atoms with E-state index in [1.165, 1.54) is 29.7 Å². The van der Waals surface area contributed by atoms with Gasteiger partial charge in [0.25, 0.3) is 0 Å². The lowest BCUT2D eigenvalue weighted by Crippen LogP contribution is -2.11. The highest BCUT2D eigenvalue weighted by Crippen LogP contribution is 2.30. The monoisotopic (exact) mass is 408 g/mol. The molecule has 0 aliphatic rings. The molecule has 0 saturated heterocycles. The molecule has 2 aromatic heterocycles. The average molecular weight is 408 g/mol. The number of benzene rings is 2. The summed E-state index contributed by atoms with van der Waals surface area (Å²) in [5.41, 5.74) is 2.76. The fourth-order valence-electron chi connectivity index (χ4n) is 2.81. The number of carbonyl (C=O) groups is 1. The van der Waals surface area contributed by atoms with Crippen molar-refractivity contribution >= 4 is 38.5 Å². The van der Waals surface area contributed by atoms with Gasteiger partial charge in [0.05, 0.1) is 16.8 Å². The molecule has 0 unspecified atom stereocenters. The molecule has 0 amide bonds. The fourth-order valence-corrected chi connectivity index (χ4v) is 3.70. The second kappa shape index (κ2) is 7.92. The van der Waals surface area contributed by atoms with Crippen molar-refractivity contribution in [3.05, 3.63) is 65.6 Å². The summed E-state index contributed by atoms with van der Waals surface area (Å²) < 4.78 is 19.3. The van der Waals surface area contributed by atoms with Gasteiger partial charge in [-0.15, -0.1) is 0 Å². The smallest absolute Gasteiger partial charge is 0.343 e. The van der Waals surface area contributed by atoms with Crippen LogP contribution in [0.1, 0.15) is 22.8 Å². The Labute approximate surface area is 170 Å². The van der Waals surface area contributed by atoms with Crippen molar-refractivity contribution in [3.63, 3.8) is 0 Å². The number of esters is 1. The molecule has 2 aromatic carbocycles. The van der Waals surface area contributed by atoms with E-state index >= 15 is 0 Å². The Balaban J connectivity index is 1.76. The maximum Gasteiger partial charge on any atom is 0.343 e. The Kier molecular flexibility index (Phi) is 5.18. The lowest BCUT2D eigenvalue weighted by Gasteiger charge is -2.10. The Hall–Kier alpha value is -3.39. The third-order valence-electron chi connectivity index (χ3n) is 4.14. The fraction of sp³-hybridized carbons (Fsp3) is 0.143. The first-order valence-electron chi connectivity index (χ1n) is 8.98. The number of nitrogens with zero attached hydrogens (tertiary/aromatic N) is 3. The highest BCUT2D eigenvalue weighted by molar-refractivity contribution is 7.22. The molecule has 4 rings (SSSR count). The lowest BCUT2D eigenvalue weighted by molar-refractivity contribution is 0.0526. The van der Waals surface area contributed by atoms with E-state index in [-0.39, 0.29) is 23.8 Å². The Morgan fingerprint density at radius 2 is 2.07 bits per heavy atom. The highest BCUT2D eigenvalue weighted by Gasteiger charge is 2.18. The number of aryl methyl sites for hydroxylation is 1. The van der Waals surface area contributed by atoms with Gasteiger partial charge in [-0.1, -0.05) is 35.1 Å². The first kappa shape index (κ1) is 18.9. The third kappa shape index (κ3) is 4.07. The molecule has 0 aliphatic carbocycles. The summed E-state index contributed by atoms with van der Waals surface area (Å²) in [5, 5.41) is 3.57. The molecule has 0 radical (unpaired) electrons. The standard InChI is InChI=1S/C21H17FN4O2S/c1-3-28-20(27)15-11-23-18(13-6-4-5-12(2)9-13)25-19(15)26-21-24-16-8-7-14(22)10-17(16)29-21/h4-11H,3H2,1-2H3,(H,23,24,25,26). The molecule has 8 heteroatoms. The van der Waals surface area contributed by atoms with Crippen LogP contribution < -0.4 is 5.32 Å². The maximum atomic E-state index is 13.5. The van der Waals surface area contributed by atoms with Crippen LogP contribution in [0.25, 0.3) is 21.6 Å². The van der Waals surface area contributed by atoms with Gasteiger partial charge in [0.2, 0.25) is 0 Å².